The molecule has 29 heavy (non-hydrogen) atoms. The Morgan fingerprint density at radius 1 is 1.10 bits per heavy atom. The molecule has 0 bridgehead atoms. The quantitative estimate of drug-likeness (QED) is 0.371. The summed E-state index contributed by atoms with van der Waals surface area (Å²) in [6.07, 6.45) is 4.71. The summed E-state index contributed by atoms with van der Waals surface area (Å²) in [5, 5.41) is 11.6. The van der Waals surface area contributed by atoms with E-state index in [4.69, 9.17) is 21.7 Å². The smallest absolute Gasteiger partial charge is 0.216 e. The number of rotatable bonds is 10. The zero-order chi connectivity index (χ0) is 20.5. The summed E-state index contributed by atoms with van der Waals surface area (Å²) in [5.41, 5.74) is 2.00. The third-order valence-electron chi connectivity index (χ3n) is 4.30. The Hall–Kier alpha value is -2.93. The minimum atomic E-state index is 0.485. The fourth-order valence-electron chi connectivity index (χ4n) is 2.79. The van der Waals surface area contributed by atoms with E-state index in [1.54, 1.807) is 10.9 Å². The average Bonchev–Trinajstić information content (AvgIpc) is 3.10. The molecule has 1 N–H and O–H groups in total. The van der Waals surface area contributed by atoms with Crippen LogP contribution in [-0.2, 0) is 13.0 Å². The maximum absolute atomic E-state index is 5.96. The van der Waals surface area contributed by atoms with Crippen LogP contribution in [0.5, 0.6) is 11.5 Å². The van der Waals surface area contributed by atoms with Gasteiger partial charge >= 0.3 is 0 Å². The second-order valence-corrected chi connectivity index (χ2v) is 6.91. The summed E-state index contributed by atoms with van der Waals surface area (Å²) in [6.45, 7) is 5.13. The first kappa shape index (κ1) is 20.8. The molecule has 152 valence electrons. The van der Waals surface area contributed by atoms with Gasteiger partial charge in [0.15, 0.2) is 17.3 Å². The van der Waals surface area contributed by atoms with Crippen LogP contribution in [0, 0.1) is 4.77 Å². The van der Waals surface area contributed by atoms with Crippen LogP contribution in [-0.4, -0.2) is 27.7 Å². The normalized spacial score (nSPS) is 11.1. The van der Waals surface area contributed by atoms with E-state index in [-0.39, 0.29) is 0 Å². The van der Waals surface area contributed by atoms with E-state index < -0.39 is 0 Å². The van der Waals surface area contributed by atoms with Crippen LogP contribution in [0.2, 0.25) is 0 Å². The van der Waals surface area contributed by atoms with Gasteiger partial charge < -0.3 is 9.47 Å². The first-order valence-corrected chi connectivity index (χ1v) is 10.3. The molecule has 7 heteroatoms. The molecule has 0 saturated heterocycles. The molecule has 0 unspecified atom stereocenters. The Morgan fingerprint density at radius 3 is 2.69 bits per heavy atom. The van der Waals surface area contributed by atoms with Crippen LogP contribution in [0.4, 0.5) is 0 Å². The first-order chi connectivity index (χ1) is 14.2. The largest absolute Gasteiger partial charge is 0.490 e. The molecule has 6 nitrogen and oxygen atoms in total. The van der Waals surface area contributed by atoms with Crippen molar-refractivity contribution in [2.24, 2.45) is 5.10 Å². The Bertz CT molecular complexity index is 996. The van der Waals surface area contributed by atoms with Gasteiger partial charge in [-0.25, -0.2) is 0 Å². The van der Waals surface area contributed by atoms with E-state index in [0.29, 0.717) is 29.5 Å². The number of H-pyrrole nitrogens is 1. The van der Waals surface area contributed by atoms with Crippen molar-refractivity contribution in [2.75, 3.05) is 6.61 Å². The Kier molecular flexibility index (Phi) is 7.58. The lowest BCUT2D eigenvalue weighted by atomic mass is 10.2. The van der Waals surface area contributed by atoms with Crippen LogP contribution < -0.4 is 9.47 Å². The molecule has 3 aromatic rings. The summed E-state index contributed by atoms with van der Waals surface area (Å²) in [5.74, 6) is 2.23. The number of aryl methyl sites for hydroxylation is 1. The number of hydrogen-bond donors (Lipinski definition) is 1. The van der Waals surface area contributed by atoms with Crippen molar-refractivity contribution in [3.05, 3.63) is 70.3 Å². The zero-order valence-electron chi connectivity index (χ0n) is 16.8. The predicted octanol–water partition coefficient (Wildman–Crippen LogP) is 5.14. The second kappa shape index (κ2) is 10.6. The van der Waals surface area contributed by atoms with Crippen LogP contribution >= 0.6 is 12.2 Å². The van der Waals surface area contributed by atoms with Gasteiger partial charge in [0, 0.05) is 6.42 Å². The minimum Gasteiger partial charge on any atom is -0.490 e. The highest BCUT2D eigenvalue weighted by molar-refractivity contribution is 7.71. The molecule has 0 spiro atoms. The van der Waals surface area contributed by atoms with Crippen molar-refractivity contribution in [3.8, 4) is 11.5 Å². The molecule has 0 aliphatic rings. The Morgan fingerprint density at radius 2 is 1.93 bits per heavy atom. The molecule has 0 aliphatic heterocycles. The molecule has 0 radical (unpaired) electrons. The van der Waals surface area contributed by atoms with Gasteiger partial charge in [0.2, 0.25) is 4.77 Å². The van der Waals surface area contributed by atoms with Crippen molar-refractivity contribution in [3.63, 3.8) is 0 Å². The number of hydrogen-bond acceptors (Lipinski definition) is 5. The van der Waals surface area contributed by atoms with Gasteiger partial charge in [0.1, 0.15) is 6.61 Å². The lowest BCUT2D eigenvalue weighted by Crippen LogP contribution is -2.01. The molecule has 0 atom stereocenters. The maximum atomic E-state index is 5.96. The van der Waals surface area contributed by atoms with Gasteiger partial charge in [-0.2, -0.15) is 14.9 Å². The maximum Gasteiger partial charge on any atom is 0.216 e. The topological polar surface area (TPSA) is 64.4 Å². The SMILES string of the molecule is CCCCc1n[nH]c(=S)n1/N=C\c1ccc(OCc2ccccc2)c(OCC)c1. The van der Waals surface area contributed by atoms with E-state index in [0.717, 1.165) is 36.2 Å². The number of aromatic amines is 1. The van der Waals surface area contributed by atoms with Crippen LogP contribution in [0.25, 0.3) is 0 Å². The van der Waals surface area contributed by atoms with Gasteiger partial charge in [-0.15, -0.1) is 0 Å². The highest BCUT2D eigenvalue weighted by Crippen LogP contribution is 2.29. The zero-order valence-corrected chi connectivity index (χ0v) is 17.6. The standard InChI is InChI=1S/C22H26N4O2S/c1-3-5-11-21-24-25-22(29)26(21)23-15-18-12-13-19(20(14-18)27-4-2)28-16-17-9-7-6-8-10-17/h6-10,12-15H,3-5,11,16H2,1-2H3,(H,25,29)/b23-15-. The fourth-order valence-corrected chi connectivity index (χ4v) is 2.99. The number of ether oxygens (including phenoxy) is 2. The van der Waals surface area contributed by atoms with E-state index in [1.807, 2.05) is 55.5 Å². The van der Waals surface area contributed by atoms with Gasteiger partial charge in [0.25, 0.3) is 0 Å². The van der Waals surface area contributed by atoms with Crippen LogP contribution in [0.3, 0.4) is 0 Å². The lowest BCUT2D eigenvalue weighted by molar-refractivity contribution is 0.269. The third kappa shape index (κ3) is 5.77. The molecule has 3 rings (SSSR count). The van der Waals surface area contributed by atoms with Gasteiger partial charge in [-0.05, 0) is 54.9 Å². The highest BCUT2D eigenvalue weighted by Gasteiger charge is 2.08. The van der Waals surface area contributed by atoms with E-state index in [9.17, 15) is 0 Å². The Labute approximate surface area is 176 Å². The predicted molar refractivity (Wildman–Crippen MR) is 117 cm³/mol. The molecule has 0 saturated carbocycles. The number of benzene rings is 2. The van der Waals surface area contributed by atoms with E-state index >= 15 is 0 Å². The summed E-state index contributed by atoms with van der Waals surface area (Å²) in [7, 11) is 0. The molecule has 0 amide bonds. The molecule has 2 aromatic carbocycles. The van der Waals surface area contributed by atoms with Gasteiger partial charge in [0.05, 0.1) is 12.8 Å². The molecule has 0 aliphatic carbocycles. The monoisotopic (exact) mass is 410 g/mol. The van der Waals surface area contributed by atoms with Crippen molar-refractivity contribution in [1.82, 2.24) is 14.9 Å². The number of nitrogens with one attached hydrogen (secondary N) is 1. The second-order valence-electron chi connectivity index (χ2n) is 6.52. The van der Waals surface area contributed by atoms with Gasteiger partial charge in [-0.3, -0.25) is 5.10 Å². The van der Waals surface area contributed by atoms with Crippen LogP contribution in [0.1, 0.15) is 43.6 Å². The molecular weight excluding hydrogens is 384 g/mol. The molecule has 0 fully saturated rings. The number of nitrogens with zero attached hydrogens (tertiary/aromatic N) is 3. The first-order valence-electron chi connectivity index (χ1n) is 9.85. The van der Waals surface area contributed by atoms with Crippen molar-refractivity contribution >= 4 is 18.4 Å². The summed E-state index contributed by atoms with van der Waals surface area (Å²) in [4.78, 5) is 0. The Balaban J connectivity index is 1.77. The van der Waals surface area contributed by atoms with Gasteiger partial charge in [-0.1, -0.05) is 43.7 Å². The lowest BCUT2D eigenvalue weighted by Gasteiger charge is -2.12. The fraction of sp³-hybridized carbons (Fsp3) is 0.318. The third-order valence-corrected chi connectivity index (χ3v) is 4.56. The summed E-state index contributed by atoms with van der Waals surface area (Å²) < 4.78 is 13.9. The highest BCUT2D eigenvalue weighted by atomic mass is 32.1. The van der Waals surface area contributed by atoms with E-state index in [1.165, 1.54) is 0 Å². The average molecular weight is 411 g/mol. The number of aromatic nitrogens is 3. The number of unbranched alkanes of at least 4 members (excludes halogenated alkanes) is 1. The van der Waals surface area contributed by atoms with Crippen molar-refractivity contribution in [2.45, 2.75) is 39.7 Å². The van der Waals surface area contributed by atoms with Crippen LogP contribution in [0.15, 0.2) is 53.6 Å². The summed E-state index contributed by atoms with van der Waals surface area (Å²) >= 11 is 5.29. The minimum absolute atomic E-state index is 0.485. The van der Waals surface area contributed by atoms with Crippen molar-refractivity contribution in [1.29, 1.82) is 0 Å². The van der Waals surface area contributed by atoms with E-state index in [2.05, 4.69) is 22.2 Å². The van der Waals surface area contributed by atoms with Crippen molar-refractivity contribution < 1.29 is 9.47 Å². The summed E-state index contributed by atoms with van der Waals surface area (Å²) in [6, 6.07) is 15.8. The molecule has 1 heterocycles. The molecule has 1 aromatic heterocycles. The molecular formula is C22H26N4O2S.